The molecule has 3 aromatic rings. The number of halogens is 2. The number of hydrogen-bond acceptors (Lipinski definition) is 3. The Bertz CT molecular complexity index is 1370. The number of ketones is 1. The number of anilines is 1. The van der Waals surface area contributed by atoms with Crippen molar-refractivity contribution in [2.75, 3.05) is 5.32 Å². The van der Waals surface area contributed by atoms with Gasteiger partial charge in [0, 0.05) is 33.6 Å². The minimum atomic E-state index is -1.11. The van der Waals surface area contributed by atoms with Crippen molar-refractivity contribution < 1.29 is 9.59 Å². The van der Waals surface area contributed by atoms with E-state index >= 15 is 0 Å². The number of benzene rings is 3. The molecule has 6 heteroatoms. The zero-order chi connectivity index (χ0) is 22.5. The SMILES string of the molecule is N#Cc1cccc(C2=C[C@@]3(C(=O)Nc4cc(Cl)ccc43)[C@H](c3cccc(Cl)c3)CC2=O)c1. The van der Waals surface area contributed by atoms with Crippen molar-refractivity contribution in [1.29, 1.82) is 5.26 Å². The first-order valence-electron chi connectivity index (χ1n) is 10.1. The van der Waals surface area contributed by atoms with E-state index in [1.807, 2.05) is 18.2 Å². The summed E-state index contributed by atoms with van der Waals surface area (Å²) in [6, 6.07) is 21.6. The molecule has 2 atom stereocenters. The first-order valence-corrected chi connectivity index (χ1v) is 10.8. The lowest BCUT2D eigenvalue weighted by Crippen LogP contribution is -2.43. The second kappa shape index (κ2) is 7.63. The highest BCUT2D eigenvalue weighted by molar-refractivity contribution is 6.31. The number of carbonyl (C=O) groups is 2. The smallest absolute Gasteiger partial charge is 0.239 e. The summed E-state index contributed by atoms with van der Waals surface area (Å²) in [7, 11) is 0. The highest BCUT2D eigenvalue weighted by Crippen LogP contribution is 2.54. The van der Waals surface area contributed by atoms with Crippen LogP contribution in [0.15, 0.2) is 72.8 Å². The van der Waals surface area contributed by atoms with E-state index < -0.39 is 11.3 Å². The zero-order valence-corrected chi connectivity index (χ0v) is 18.2. The highest BCUT2D eigenvalue weighted by atomic mass is 35.5. The lowest BCUT2D eigenvalue weighted by Gasteiger charge is -2.38. The molecule has 0 unspecified atom stereocenters. The van der Waals surface area contributed by atoms with Crippen molar-refractivity contribution in [3.8, 4) is 6.07 Å². The van der Waals surface area contributed by atoms with Gasteiger partial charge >= 0.3 is 0 Å². The summed E-state index contributed by atoms with van der Waals surface area (Å²) >= 11 is 12.4. The Morgan fingerprint density at radius 1 is 0.969 bits per heavy atom. The lowest BCUT2D eigenvalue weighted by molar-refractivity contribution is -0.121. The molecular formula is C26H16Cl2N2O2. The Morgan fingerprint density at radius 2 is 1.75 bits per heavy atom. The Morgan fingerprint density at radius 3 is 2.53 bits per heavy atom. The van der Waals surface area contributed by atoms with Crippen molar-refractivity contribution in [2.24, 2.45) is 0 Å². The van der Waals surface area contributed by atoms with Gasteiger partial charge in [-0.25, -0.2) is 0 Å². The van der Waals surface area contributed by atoms with Crippen molar-refractivity contribution in [2.45, 2.75) is 17.8 Å². The normalized spacial score (nSPS) is 21.7. The van der Waals surface area contributed by atoms with Gasteiger partial charge in [0.05, 0.1) is 11.6 Å². The number of rotatable bonds is 2. The molecule has 2 aliphatic rings. The molecule has 1 aliphatic carbocycles. The molecule has 0 radical (unpaired) electrons. The van der Waals surface area contributed by atoms with Crippen LogP contribution in [0.5, 0.6) is 0 Å². The number of carbonyl (C=O) groups excluding carboxylic acids is 2. The molecule has 0 bridgehead atoms. The third-order valence-electron chi connectivity index (χ3n) is 6.22. The fourth-order valence-electron chi connectivity index (χ4n) is 4.79. The minimum Gasteiger partial charge on any atom is -0.325 e. The monoisotopic (exact) mass is 458 g/mol. The molecule has 1 aliphatic heterocycles. The third kappa shape index (κ3) is 3.14. The molecule has 156 valence electrons. The van der Waals surface area contributed by atoms with Crippen LogP contribution in [0.1, 0.15) is 34.6 Å². The average Bonchev–Trinajstić information content (AvgIpc) is 3.05. The zero-order valence-electron chi connectivity index (χ0n) is 16.7. The van der Waals surface area contributed by atoms with Gasteiger partial charge in [-0.1, -0.05) is 59.6 Å². The highest BCUT2D eigenvalue weighted by Gasteiger charge is 2.54. The van der Waals surface area contributed by atoms with Gasteiger partial charge in [-0.2, -0.15) is 5.26 Å². The largest absolute Gasteiger partial charge is 0.325 e. The number of fused-ring (bicyclic) bond motifs is 2. The molecule has 0 saturated carbocycles. The summed E-state index contributed by atoms with van der Waals surface area (Å²) < 4.78 is 0. The molecule has 32 heavy (non-hydrogen) atoms. The number of allylic oxidation sites excluding steroid dienone is 1. The summed E-state index contributed by atoms with van der Waals surface area (Å²) in [6.07, 6.45) is 1.88. The average molecular weight is 459 g/mol. The Balaban J connectivity index is 1.79. The lowest BCUT2D eigenvalue weighted by atomic mass is 9.61. The predicted molar refractivity (Wildman–Crippen MR) is 125 cm³/mol. The van der Waals surface area contributed by atoms with Crippen LogP contribution in [0.3, 0.4) is 0 Å². The van der Waals surface area contributed by atoms with E-state index in [1.54, 1.807) is 54.6 Å². The van der Waals surface area contributed by atoms with Gasteiger partial charge in [-0.05, 0) is 53.1 Å². The van der Waals surface area contributed by atoms with E-state index in [9.17, 15) is 14.9 Å². The molecule has 1 spiro atoms. The van der Waals surface area contributed by atoms with Crippen LogP contribution in [0.25, 0.3) is 5.57 Å². The molecule has 0 fully saturated rings. The topological polar surface area (TPSA) is 70.0 Å². The minimum absolute atomic E-state index is 0.0918. The molecule has 0 saturated heterocycles. The molecule has 0 aromatic heterocycles. The van der Waals surface area contributed by atoms with Crippen LogP contribution in [0.2, 0.25) is 10.0 Å². The van der Waals surface area contributed by atoms with Crippen LogP contribution in [-0.2, 0) is 15.0 Å². The van der Waals surface area contributed by atoms with Crippen molar-refractivity contribution in [3.05, 3.63) is 105 Å². The van der Waals surface area contributed by atoms with E-state index in [4.69, 9.17) is 23.2 Å². The van der Waals surface area contributed by atoms with Crippen LogP contribution >= 0.6 is 23.2 Å². The van der Waals surface area contributed by atoms with E-state index in [0.29, 0.717) is 32.4 Å². The maximum atomic E-state index is 13.6. The maximum absolute atomic E-state index is 13.6. The quantitative estimate of drug-likeness (QED) is 0.519. The molecule has 4 nitrogen and oxygen atoms in total. The Labute approximate surface area is 195 Å². The standard InChI is InChI=1S/C26H16Cl2N2O2/c27-18-6-2-5-17(10-18)22-12-24(31)20(16-4-1-3-15(9-16)14-29)13-26(22)21-8-7-19(28)11-23(21)30-25(26)32/h1-11,13,22H,12H2,(H,30,32)/t22-,26-/m0/s1. The summed E-state index contributed by atoms with van der Waals surface area (Å²) in [5.41, 5.74) is 2.58. The summed E-state index contributed by atoms with van der Waals surface area (Å²) in [4.78, 5) is 26.9. The number of nitriles is 1. The Kier molecular flexibility index (Phi) is 4.89. The number of nitrogens with one attached hydrogen (secondary N) is 1. The maximum Gasteiger partial charge on any atom is 0.239 e. The van der Waals surface area contributed by atoms with Crippen LogP contribution in [0.4, 0.5) is 5.69 Å². The fourth-order valence-corrected chi connectivity index (χ4v) is 5.16. The summed E-state index contributed by atoms with van der Waals surface area (Å²) in [5.74, 6) is -0.758. The van der Waals surface area contributed by atoms with E-state index in [2.05, 4.69) is 11.4 Å². The fraction of sp³-hybridized carbons (Fsp3) is 0.115. The predicted octanol–water partition coefficient (Wildman–Crippen LogP) is 5.90. The summed E-state index contributed by atoms with van der Waals surface area (Å²) in [5, 5.41) is 13.3. The molecular weight excluding hydrogens is 443 g/mol. The third-order valence-corrected chi connectivity index (χ3v) is 6.69. The van der Waals surface area contributed by atoms with Gasteiger partial charge in [0.25, 0.3) is 0 Å². The molecule has 5 rings (SSSR count). The number of Topliss-reactive ketones (excluding diaryl/α,β-unsaturated/α-hetero) is 1. The molecule has 3 aromatic carbocycles. The van der Waals surface area contributed by atoms with Crippen molar-refractivity contribution >= 4 is 46.2 Å². The second-order valence-corrected chi connectivity index (χ2v) is 8.87. The van der Waals surface area contributed by atoms with E-state index in [1.165, 1.54) is 0 Å². The van der Waals surface area contributed by atoms with Gasteiger partial charge in [0.2, 0.25) is 5.91 Å². The van der Waals surface area contributed by atoms with Crippen LogP contribution < -0.4 is 5.32 Å². The first-order chi connectivity index (χ1) is 15.4. The van der Waals surface area contributed by atoms with E-state index in [0.717, 1.165) is 11.1 Å². The Hall–Kier alpha value is -3.39. The van der Waals surface area contributed by atoms with Crippen molar-refractivity contribution in [1.82, 2.24) is 0 Å². The summed E-state index contributed by atoms with van der Waals surface area (Å²) in [6.45, 7) is 0. The van der Waals surface area contributed by atoms with Crippen LogP contribution in [-0.4, -0.2) is 11.7 Å². The van der Waals surface area contributed by atoms with Gasteiger partial charge in [0.1, 0.15) is 5.41 Å². The van der Waals surface area contributed by atoms with Crippen molar-refractivity contribution in [3.63, 3.8) is 0 Å². The number of nitrogens with zero attached hydrogens (tertiary/aromatic N) is 1. The second-order valence-electron chi connectivity index (χ2n) is 8.00. The number of hydrogen-bond donors (Lipinski definition) is 1. The molecule has 1 amide bonds. The van der Waals surface area contributed by atoms with E-state index in [-0.39, 0.29) is 18.1 Å². The van der Waals surface area contributed by atoms with Gasteiger partial charge in [-0.15, -0.1) is 0 Å². The van der Waals surface area contributed by atoms with Gasteiger partial charge in [-0.3, -0.25) is 9.59 Å². The first kappa shape index (κ1) is 20.5. The molecule has 1 heterocycles. The van der Waals surface area contributed by atoms with Crippen LogP contribution in [0, 0.1) is 11.3 Å². The number of amides is 1. The molecule has 1 N–H and O–H groups in total. The van der Waals surface area contributed by atoms with Gasteiger partial charge in [0.15, 0.2) is 5.78 Å². The van der Waals surface area contributed by atoms with Gasteiger partial charge < -0.3 is 5.32 Å².